The van der Waals surface area contributed by atoms with E-state index < -0.39 is 11.8 Å². The van der Waals surface area contributed by atoms with E-state index in [-0.39, 0.29) is 11.7 Å². The third-order valence-electron chi connectivity index (χ3n) is 2.77. The molecule has 92 valence electrons. The first-order valence-electron chi connectivity index (χ1n) is 5.47. The number of aromatic carboxylic acids is 1. The van der Waals surface area contributed by atoms with E-state index in [9.17, 15) is 9.18 Å². The molecule has 1 aliphatic heterocycles. The summed E-state index contributed by atoms with van der Waals surface area (Å²) < 4.78 is 18.4. The third kappa shape index (κ3) is 2.55. The molecule has 0 bridgehead atoms. The number of halogens is 1. The van der Waals surface area contributed by atoms with Crippen molar-refractivity contribution in [1.82, 2.24) is 0 Å². The molecule has 0 amide bonds. The molecule has 1 saturated heterocycles. The standard InChI is InChI=1S/C12H14FNO3/c1-8-7-14(4-5-17-8)11-3-2-9(13)6-10(11)12(15)16/h2-3,6,8H,4-5,7H2,1H3,(H,15,16). The summed E-state index contributed by atoms with van der Waals surface area (Å²) in [6.07, 6.45) is 0.0513. The van der Waals surface area contributed by atoms with Gasteiger partial charge in [0.25, 0.3) is 0 Å². The molecule has 5 heteroatoms. The Kier molecular flexibility index (Phi) is 3.28. The molecule has 17 heavy (non-hydrogen) atoms. The van der Waals surface area contributed by atoms with E-state index in [2.05, 4.69) is 0 Å². The lowest BCUT2D eigenvalue weighted by molar-refractivity contribution is 0.0527. The zero-order chi connectivity index (χ0) is 12.4. The smallest absolute Gasteiger partial charge is 0.337 e. The third-order valence-corrected chi connectivity index (χ3v) is 2.77. The van der Waals surface area contributed by atoms with Crippen molar-refractivity contribution in [3.8, 4) is 0 Å². The number of hydrogen-bond donors (Lipinski definition) is 1. The van der Waals surface area contributed by atoms with Gasteiger partial charge in [-0.3, -0.25) is 0 Å². The SMILES string of the molecule is CC1CN(c2ccc(F)cc2C(=O)O)CCO1. The molecular weight excluding hydrogens is 225 g/mol. The maximum Gasteiger partial charge on any atom is 0.337 e. The largest absolute Gasteiger partial charge is 0.478 e. The maximum atomic E-state index is 13.0. The summed E-state index contributed by atoms with van der Waals surface area (Å²) in [6, 6.07) is 3.84. The van der Waals surface area contributed by atoms with Crippen LogP contribution in [0.4, 0.5) is 10.1 Å². The molecule has 0 saturated carbocycles. The Morgan fingerprint density at radius 1 is 1.59 bits per heavy atom. The summed E-state index contributed by atoms with van der Waals surface area (Å²) >= 11 is 0. The molecule has 1 aromatic carbocycles. The van der Waals surface area contributed by atoms with Crippen LogP contribution in [-0.2, 0) is 4.74 Å². The number of carboxylic acid groups (broad SMARTS) is 1. The van der Waals surface area contributed by atoms with E-state index in [1.165, 1.54) is 12.1 Å². The number of morpholine rings is 1. The quantitative estimate of drug-likeness (QED) is 0.854. The topological polar surface area (TPSA) is 49.8 Å². The zero-order valence-corrected chi connectivity index (χ0v) is 9.52. The normalized spacial score (nSPS) is 20.4. The Morgan fingerprint density at radius 3 is 3.00 bits per heavy atom. The van der Waals surface area contributed by atoms with Crippen molar-refractivity contribution in [2.24, 2.45) is 0 Å². The van der Waals surface area contributed by atoms with Gasteiger partial charge < -0.3 is 14.7 Å². The number of hydrogen-bond acceptors (Lipinski definition) is 3. The molecule has 1 aromatic rings. The van der Waals surface area contributed by atoms with Crippen molar-refractivity contribution in [3.05, 3.63) is 29.6 Å². The molecule has 2 rings (SSSR count). The summed E-state index contributed by atoms with van der Waals surface area (Å²) in [5.74, 6) is -1.65. The van der Waals surface area contributed by atoms with Crippen molar-refractivity contribution >= 4 is 11.7 Å². The fraction of sp³-hybridized carbons (Fsp3) is 0.417. The predicted molar refractivity (Wildman–Crippen MR) is 61.0 cm³/mol. The molecule has 1 atom stereocenters. The van der Waals surface area contributed by atoms with Crippen molar-refractivity contribution < 1.29 is 19.0 Å². The number of carboxylic acids is 1. The van der Waals surface area contributed by atoms with Crippen LogP contribution < -0.4 is 4.90 Å². The highest BCUT2D eigenvalue weighted by atomic mass is 19.1. The Labute approximate surface area is 98.6 Å². The first-order chi connectivity index (χ1) is 8.08. The summed E-state index contributed by atoms with van der Waals surface area (Å²) in [5.41, 5.74) is 0.549. The molecule has 1 N–H and O–H groups in total. The lowest BCUT2D eigenvalue weighted by Crippen LogP contribution is -2.41. The molecule has 1 fully saturated rings. The first-order valence-corrected chi connectivity index (χ1v) is 5.47. The van der Waals surface area contributed by atoms with Crippen LogP contribution in [0.25, 0.3) is 0 Å². The average Bonchev–Trinajstić information content (AvgIpc) is 2.28. The molecular formula is C12H14FNO3. The van der Waals surface area contributed by atoms with Gasteiger partial charge in [-0.05, 0) is 25.1 Å². The van der Waals surface area contributed by atoms with Crippen LogP contribution in [0.3, 0.4) is 0 Å². The van der Waals surface area contributed by atoms with Crippen LogP contribution >= 0.6 is 0 Å². The second-order valence-electron chi connectivity index (χ2n) is 4.09. The maximum absolute atomic E-state index is 13.0. The molecule has 0 aromatic heterocycles. The van der Waals surface area contributed by atoms with E-state index in [0.717, 1.165) is 6.07 Å². The van der Waals surface area contributed by atoms with Gasteiger partial charge in [-0.2, -0.15) is 0 Å². The highest BCUT2D eigenvalue weighted by Crippen LogP contribution is 2.23. The molecule has 1 unspecified atom stereocenters. The highest BCUT2D eigenvalue weighted by molar-refractivity contribution is 5.94. The Bertz CT molecular complexity index is 436. The number of ether oxygens (including phenoxy) is 1. The van der Waals surface area contributed by atoms with Crippen LogP contribution in [0.1, 0.15) is 17.3 Å². The molecule has 0 aliphatic carbocycles. The summed E-state index contributed by atoms with van der Waals surface area (Å²) in [4.78, 5) is 13.0. The van der Waals surface area contributed by atoms with Crippen LogP contribution in [0.15, 0.2) is 18.2 Å². The number of rotatable bonds is 2. The Hall–Kier alpha value is -1.62. The van der Waals surface area contributed by atoms with Gasteiger partial charge in [0.15, 0.2) is 0 Å². The fourth-order valence-electron chi connectivity index (χ4n) is 1.99. The molecule has 1 heterocycles. The first kappa shape index (κ1) is 11.9. The number of nitrogens with zero attached hydrogens (tertiary/aromatic N) is 1. The summed E-state index contributed by atoms with van der Waals surface area (Å²) in [7, 11) is 0. The molecule has 4 nitrogen and oxygen atoms in total. The lowest BCUT2D eigenvalue weighted by Gasteiger charge is -2.33. The van der Waals surface area contributed by atoms with Gasteiger partial charge in [0.05, 0.1) is 24.0 Å². The highest BCUT2D eigenvalue weighted by Gasteiger charge is 2.21. The second kappa shape index (κ2) is 4.71. The van der Waals surface area contributed by atoms with E-state index in [0.29, 0.717) is 25.4 Å². The lowest BCUT2D eigenvalue weighted by atomic mass is 10.1. The Balaban J connectivity index is 2.33. The number of carbonyl (C=O) groups is 1. The Morgan fingerprint density at radius 2 is 2.35 bits per heavy atom. The summed E-state index contributed by atoms with van der Waals surface area (Å²) in [5, 5.41) is 9.06. The van der Waals surface area contributed by atoms with Gasteiger partial charge in [-0.1, -0.05) is 0 Å². The minimum absolute atomic E-state index is 0.000833. The van der Waals surface area contributed by atoms with E-state index in [1.807, 2.05) is 11.8 Å². The van der Waals surface area contributed by atoms with Gasteiger partial charge in [0.1, 0.15) is 5.82 Å². The number of benzene rings is 1. The van der Waals surface area contributed by atoms with Crippen LogP contribution in [0.2, 0.25) is 0 Å². The van der Waals surface area contributed by atoms with Crippen molar-refractivity contribution in [2.75, 3.05) is 24.6 Å². The van der Waals surface area contributed by atoms with Crippen molar-refractivity contribution in [1.29, 1.82) is 0 Å². The van der Waals surface area contributed by atoms with Gasteiger partial charge >= 0.3 is 5.97 Å². The van der Waals surface area contributed by atoms with E-state index >= 15 is 0 Å². The fourth-order valence-corrected chi connectivity index (χ4v) is 1.99. The second-order valence-corrected chi connectivity index (χ2v) is 4.09. The van der Waals surface area contributed by atoms with Crippen molar-refractivity contribution in [2.45, 2.75) is 13.0 Å². The van der Waals surface area contributed by atoms with Crippen LogP contribution in [0.5, 0.6) is 0 Å². The van der Waals surface area contributed by atoms with E-state index in [4.69, 9.17) is 9.84 Å². The summed E-state index contributed by atoms with van der Waals surface area (Å²) in [6.45, 7) is 3.72. The average molecular weight is 239 g/mol. The number of anilines is 1. The minimum Gasteiger partial charge on any atom is -0.478 e. The predicted octanol–water partition coefficient (Wildman–Crippen LogP) is 1.75. The van der Waals surface area contributed by atoms with Gasteiger partial charge in [0.2, 0.25) is 0 Å². The van der Waals surface area contributed by atoms with Crippen molar-refractivity contribution in [3.63, 3.8) is 0 Å². The monoisotopic (exact) mass is 239 g/mol. The van der Waals surface area contributed by atoms with E-state index in [1.54, 1.807) is 0 Å². The molecule has 0 spiro atoms. The van der Waals surface area contributed by atoms with Crippen LogP contribution in [0, 0.1) is 5.82 Å². The van der Waals surface area contributed by atoms with Gasteiger partial charge in [-0.15, -0.1) is 0 Å². The zero-order valence-electron chi connectivity index (χ0n) is 9.52. The molecule has 0 radical (unpaired) electrons. The van der Waals surface area contributed by atoms with Gasteiger partial charge in [-0.25, -0.2) is 9.18 Å². The minimum atomic E-state index is -1.11. The van der Waals surface area contributed by atoms with Gasteiger partial charge in [0, 0.05) is 13.1 Å². The van der Waals surface area contributed by atoms with Crippen LogP contribution in [-0.4, -0.2) is 36.9 Å². The molecule has 1 aliphatic rings.